The highest BCUT2D eigenvalue weighted by molar-refractivity contribution is 7.80. The molecule has 0 bridgehead atoms. The molecular formula is C13H21N3S. The van der Waals surface area contributed by atoms with E-state index in [4.69, 9.17) is 18.0 Å². The molecule has 1 aromatic heterocycles. The molecule has 0 fully saturated rings. The van der Waals surface area contributed by atoms with Gasteiger partial charge in [-0.2, -0.15) is 0 Å². The van der Waals surface area contributed by atoms with E-state index in [0.29, 0.717) is 16.6 Å². The molecule has 17 heavy (non-hydrogen) atoms. The van der Waals surface area contributed by atoms with Crippen LogP contribution in [0.4, 0.5) is 5.69 Å². The van der Waals surface area contributed by atoms with Crippen LogP contribution in [0, 0.1) is 11.3 Å². The van der Waals surface area contributed by atoms with Crippen molar-refractivity contribution < 1.29 is 0 Å². The van der Waals surface area contributed by atoms with Gasteiger partial charge >= 0.3 is 0 Å². The Hall–Kier alpha value is -1.16. The molecule has 1 aromatic rings. The van der Waals surface area contributed by atoms with Crippen LogP contribution in [0.3, 0.4) is 0 Å². The van der Waals surface area contributed by atoms with Crippen LogP contribution in [0.1, 0.15) is 33.4 Å². The lowest BCUT2D eigenvalue weighted by Crippen LogP contribution is -2.28. The molecule has 94 valence electrons. The van der Waals surface area contributed by atoms with E-state index in [9.17, 15) is 0 Å². The van der Waals surface area contributed by atoms with Gasteiger partial charge < -0.3 is 11.1 Å². The van der Waals surface area contributed by atoms with Gasteiger partial charge in [0.05, 0.1) is 5.69 Å². The molecule has 0 unspecified atom stereocenters. The predicted molar refractivity (Wildman–Crippen MR) is 77.2 cm³/mol. The van der Waals surface area contributed by atoms with E-state index in [-0.39, 0.29) is 5.41 Å². The standard InChI is InChI=1S/C13H21N3S/c1-9(2)13(3,4)8-16-10-5-6-15-11(7-10)12(14)17/h5-7,9H,8H2,1-4H3,(H2,14,17)(H,15,16). The summed E-state index contributed by atoms with van der Waals surface area (Å²) in [6.45, 7) is 9.87. The highest BCUT2D eigenvalue weighted by Crippen LogP contribution is 2.26. The van der Waals surface area contributed by atoms with Crippen molar-refractivity contribution in [3.05, 3.63) is 24.0 Å². The van der Waals surface area contributed by atoms with Crippen LogP contribution >= 0.6 is 12.2 Å². The zero-order valence-electron chi connectivity index (χ0n) is 10.9. The molecule has 0 saturated carbocycles. The topological polar surface area (TPSA) is 50.9 Å². The minimum atomic E-state index is 0.243. The maximum Gasteiger partial charge on any atom is 0.122 e. The van der Waals surface area contributed by atoms with Crippen LogP contribution in [-0.4, -0.2) is 16.5 Å². The first-order valence-electron chi connectivity index (χ1n) is 5.82. The van der Waals surface area contributed by atoms with Crippen LogP contribution in [0.2, 0.25) is 0 Å². The molecule has 0 atom stereocenters. The summed E-state index contributed by atoms with van der Waals surface area (Å²) in [6.07, 6.45) is 1.72. The van der Waals surface area contributed by atoms with Crippen molar-refractivity contribution in [3.8, 4) is 0 Å². The van der Waals surface area contributed by atoms with Gasteiger partial charge in [0, 0.05) is 18.4 Å². The number of thiocarbonyl (C=S) groups is 1. The van der Waals surface area contributed by atoms with Crippen LogP contribution in [-0.2, 0) is 0 Å². The number of hydrogen-bond donors (Lipinski definition) is 2. The largest absolute Gasteiger partial charge is 0.388 e. The Kier molecular flexibility index (Phi) is 4.46. The lowest BCUT2D eigenvalue weighted by Gasteiger charge is -2.29. The summed E-state index contributed by atoms with van der Waals surface area (Å²) in [5.41, 5.74) is 7.47. The van der Waals surface area contributed by atoms with Gasteiger partial charge in [0.1, 0.15) is 4.99 Å². The van der Waals surface area contributed by atoms with Crippen LogP contribution in [0.5, 0.6) is 0 Å². The molecule has 0 radical (unpaired) electrons. The van der Waals surface area contributed by atoms with E-state index in [1.165, 1.54) is 0 Å². The van der Waals surface area contributed by atoms with Crippen molar-refractivity contribution in [2.75, 3.05) is 11.9 Å². The Labute approximate surface area is 109 Å². The summed E-state index contributed by atoms with van der Waals surface area (Å²) in [7, 11) is 0. The van der Waals surface area contributed by atoms with Crippen molar-refractivity contribution in [3.63, 3.8) is 0 Å². The number of rotatable bonds is 5. The van der Waals surface area contributed by atoms with Gasteiger partial charge in [0.15, 0.2) is 0 Å². The summed E-state index contributed by atoms with van der Waals surface area (Å²) < 4.78 is 0. The van der Waals surface area contributed by atoms with Crippen molar-refractivity contribution in [1.29, 1.82) is 0 Å². The van der Waals surface area contributed by atoms with Gasteiger partial charge in [0.2, 0.25) is 0 Å². The SMILES string of the molecule is CC(C)C(C)(C)CNc1ccnc(C(N)=S)c1. The molecule has 0 aliphatic rings. The van der Waals surface area contributed by atoms with Gasteiger partial charge in [-0.25, -0.2) is 0 Å². The smallest absolute Gasteiger partial charge is 0.122 e. The average Bonchev–Trinajstić information content (AvgIpc) is 2.26. The first kappa shape index (κ1) is 13.9. The second-order valence-electron chi connectivity index (χ2n) is 5.29. The first-order chi connectivity index (χ1) is 7.83. The van der Waals surface area contributed by atoms with Crippen LogP contribution < -0.4 is 11.1 Å². The fourth-order valence-corrected chi connectivity index (χ4v) is 1.32. The zero-order valence-corrected chi connectivity index (χ0v) is 11.8. The van der Waals surface area contributed by atoms with Gasteiger partial charge in [0.25, 0.3) is 0 Å². The fraction of sp³-hybridized carbons (Fsp3) is 0.538. The lowest BCUT2D eigenvalue weighted by molar-refractivity contribution is 0.269. The van der Waals surface area contributed by atoms with E-state index in [1.54, 1.807) is 6.20 Å². The van der Waals surface area contributed by atoms with Crippen LogP contribution in [0.25, 0.3) is 0 Å². The number of aromatic nitrogens is 1. The Morgan fingerprint density at radius 2 is 2.18 bits per heavy atom. The molecule has 0 aliphatic carbocycles. The van der Waals surface area contributed by atoms with E-state index in [2.05, 4.69) is 38.0 Å². The van der Waals surface area contributed by atoms with Gasteiger partial charge in [-0.15, -0.1) is 0 Å². The monoisotopic (exact) mass is 251 g/mol. The minimum Gasteiger partial charge on any atom is -0.388 e. The quantitative estimate of drug-likeness (QED) is 0.790. The zero-order chi connectivity index (χ0) is 13.1. The second-order valence-corrected chi connectivity index (χ2v) is 5.73. The molecule has 0 spiro atoms. The fourth-order valence-electron chi connectivity index (χ4n) is 1.21. The van der Waals surface area contributed by atoms with E-state index >= 15 is 0 Å². The summed E-state index contributed by atoms with van der Waals surface area (Å²) >= 11 is 4.91. The molecule has 3 nitrogen and oxygen atoms in total. The highest BCUT2D eigenvalue weighted by atomic mass is 32.1. The number of anilines is 1. The maximum absolute atomic E-state index is 5.55. The van der Waals surface area contributed by atoms with Crippen molar-refractivity contribution in [2.45, 2.75) is 27.7 Å². The van der Waals surface area contributed by atoms with Gasteiger partial charge in [-0.3, -0.25) is 4.98 Å². The van der Waals surface area contributed by atoms with E-state index in [1.807, 2.05) is 12.1 Å². The molecular weight excluding hydrogens is 230 g/mol. The molecule has 0 aromatic carbocycles. The number of nitrogens with one attached hydrogen (secondary N) is 1. The van der Waals surface area contributed by atoms with E-state index in [0.717, 1.165) is 12.2 Å². The minimum absolute atomic E-state index is 0.243. The maximum atomic E-state index is 5.55. The molecule has 1 heterocycles. The molecule has 0 saturated heterocycles. The van der Waals surface area contributed by atoms with Gasteiger partial charge in [-0.1, -0.05) is 39.9 Å². The van der Waals surface area contributed by atoms with E-state index < -0.39 is 0 Å². The highest BCUT2D eigenvalue weighted by Gasteiger charge is 2.21. The number of nitrogens with two attached hydrogens (primary N) is 1. The Balaban J connectivity index is 2.70. The van der Waals surface area contributed by atoms with Gasteiger partial charge in [-0.05, 0) is 23.5 Å². The van der Waals surface area contributed by atoms with Crippen molar-refractivity contribution in [1.82, 2.24) is 4.98 Å². The summed E-state index contributed by atoms with van der Waals surface area (Å²) in [6, 6.07) is 3.82. The predicted octanol–water partition coefficient (Wildman–Crippen LogP) is 2.81. The average molecular weight is 251 g/mol. The van der Waals surface area contributed by atoms with Crippen molar-refractivity contribution >= 4 is 22.9 Å². The third-order valence-electron chi connectivity index (χ3n) is 3.32. The second kappa shape index (κ2) is 5.45. The Bertz CT molecular complexity index is 399. The summed E-state index contributed by atoms with van der Waals surface area (Å²) in [4.78, 5) is 4.44. The molecule has 0 aliphatic heterocycles. The molecule has 1 rings (SSSR count). The van der Waals surface area contributed by atoms with Crippen molar-refractivity contribution in [2.24, 2.45) is 17.1 Å². The first-order valence-corrected chi connectivity index (χ1v) is 6.23. The number of hydrogen-bond acceptors (Lipinski definition) is 3. The molecule has 3 N–H and O–H groups in total. The molecule has 0 amide bonds. The third kappa shape index (κ3) is 3.97. The number of nitrogens with zero attached hydrogens (tertiary/aromatic N) is 1. The summed E-state index contributed by atoms with van der Waals surface area (Å²) in [5, 5.41) is 3.41. The van der Waals surface area contributed by atoms with Crippen LogP contribution in [0.15, 0.2) is 18.3 Å². The normalized spacial score (nSPS) is 11.6. The molecule has 4 heteroatoms. The Morgan fingerprint density at radius 1 is 1.53 bits per heavy atom. The summed E-state index contributed by atoms with van der Waals surface area (Å²) in [5.74, 6) is 0.617. The number of pyridine rings is 1. The lowest BCUT2D eigenvalue weighted by atomic mass is 9.81. The third-order valence-corrected chi connectivity index (χ3v) is 3.53. The Morgan fingerprint density at radius 3 is 2.71 bits per heavy atom.